The molecule has 0 aliphatic carbocycles. The molecular formula is C18H17N3O3S. The molecule has 0 unspecified atom stereocenters. The zero-order chi connectivity index (χ0) is 17.9. The highest BCUT2D eigenvalue weighted by atomic mass is 32.2. The summed E-state index contributed by atoms with van der Waals surface area (Å²) >= 11 is 0. The minimum absolute atomic E-state index is 0.117. The summed E-state index contributed by atoms with van der Waals surface area (Å²) in [5, 5.41) is 3.97. The van der Waals surface area contributed by atoms with E-state index in [-0.39, 0.29) is 10.5 Å². The Bertz CT molecular complexity index is 1040. The van der Waals surface area contributed by atoms with Gasteiger partial charge in [-0.15, -0.1) is 0 Å². The molecular weight excluding hydrogens is 338 g/mol. The van der Waals surface area contributed by atoms with Crippen molar-refractivity contribution in [3.8, 4) is 5.69 Å². The van der Waals surface area contributed by atoms with Gasteiger partial charge in [0.2, 0.25) is 0 Å². The molecule has 1 heterocycles. The van der Waals surface area contributed by atoms with Crippen molar-refractivity contribution in [2.75, 3.05) is 4.72 Å². The van der Waals surface area contributed by atoms with Crippen molar-refractivity contribution in [2.45, 2.75) is 18.2 Å². The third-order valence-corrected chi connectivity index (χ3v) is 5.13. The molecule has 7 heteroatoms. The lowest BCUT2D eigenvalue weighted by molar-refractivity contribution is 0.601. The van der Waals surface area contributed by atoms with Gasteiger partial charge in [0.1, 0.15) is 0 Å². The molecule has 128 valence electrons. The van der Waals surface area contributed by atoms with Crippen molar-refractivity contribution in [3.63, 3.8) is 0 Å². The highest BCUT2D eigenvalue weighted by Crippen LogP contribution is 2.21. The van der Waals surface area contributed by atoms with Crippen molar-refractivity contribution in [2.24, 2.45) is 0 Å². The number of benzene rings is 2. The number of hydrogen-bond acceptors (Lipinski definition) is 4. The van der Waals surface area contributed by atoms with Crippen LogP contribution in [0.1, 0.15) is 12.5 Å². The Balaban J connectivity index is 1.91. The molecule has 0 amide bonds. The predicted molar refractivity (Wildman–Crippen MR) is 96.5 cm³/mol. The summed E-state index contributed by atoms with van der Waals surface area (Å²) in [6, 6.07) is 16.2. The van der Waals surface area contributed by atoms with E-state index in [1.54, 1.807) is 30.3 Å². The maximum Gasteiger partial charge on any atom is 0.271 e. The fourth-order valence-corrected chi connectivity index (χ4v) is 3.55. The molecule has 1 N–H and O–H groups in total. The van der Waals surface area contributed by atoms with Crippen molar-refractivity contribution in [3.05, 3.63) is 82.8 Å². The summed E-state index contributed by atoms with van der Waals surface area (Å²) < 4.78 is 29.0. The molecule has 25 heavy (non-hydrogen) atoms. The van der Waals surface area contributed by atoms with Gasteiger partial charge in [0.05, 0.1) is 16.3 Å². The zero-order valence-electron chi connectivity index (χ0n) is 13.6. The Morgan fingerprint density at radius 1 is 1.00 bits per heavy atom. The van der Waals surface area contributed by atoms with E-state index in [1.807, 2.05) is 19.1 Å². The third-order valence-electron chi connectivity index (χ3n) is 3.75. The van der Waals surface area contributed by atoms with Crippen LogP contribution in [-0.4, -0.2) is 18.2 Å². The fourth-order valence-electron chi connectivity index (χ4n) is 2.45. The van der Waals surface area contributed by atoms with Crippen molar-refractivity contribution < 1.29 is 8.42 Å². The summed E-state index contributed by atoms with van der Waals surface area (Å²) in [7, 11) is -3.71. The van der Waals surface area contributed by atoms with Crippen LogP contribution < -0.4 is 10.3 Å². The van der Waals surface area contributed by atoms with E-state index in [0.717, 1.165) is 12.0 Å². The Labute approximate surface area is 145 Å². The predicted octanol–water partition coefficient (Wildman–Crippen LogP) is 2.60. The fraction of sp³-hybridized carbons (Fsp3) is 0.111. The molecule has 2 aromatic carbocycles. The maximum atomic E-state index is 12.6. The molecule has 0 spiro atoms. The van der Waals surface area contributed by atoms with Crippen molar-refractivity contribution in [1.82, 2.24) is 9.78 Å². The molecule has 0 atom stereocenters. The Hall–Kier alpha value is -2.93. The number of aryl methyl sites for hydroxylation is 1. The van der Waals surface area contributed by atoms with E-state index in [4.69, 9.17) is 0 Å². The van der Waals surface area contributed by atoms with Gasteiger partial charge >= 0.3 is 0 Å². The summed E-state index contributed by atoms with van der Waals surface area (Å²) in [5.74, 6) is 0. The maximum absolute atomic E-state index is 12.6. The molecule has 1 aromatic heterocycles. The van der Waals surface area contributed by atoms with Crippen molar-refractivity contribution in [1.29, 1.82) is 0 Å². The van der Waals surface area contributed by atoms with Crippen LogP contribution in [0.15, 0.2) is 76.6 Å². The topological polar surface area (TPSA) is 81.1 Å². The monoisotopic (exact) mass is 355 g/mol. The molecule has 3 rings (SSSR count). The Kier molecular flexibility index (Phi) is 4.67. The van der Waals surface area contributed by atoms with E-state index in [2.05, 4.69) is 9.82 Å². The summed E-state index contributed by atoms with van der Waals surface area (Å²) in [5.41, 5.74) is 1.70. The van der Waals surface area contributed by atoms with Gasteiger partial charge in [-0.25, -0.2) is 8.42 Å². The van der Waals surface area contributed by atoms with Gasteiger partial charge in [0, 0.05) is 12.3 Å². The second kappa shape index (κ2) is 6.90. The summed E-state index contributed by atoms with van der Waals surface area (Å²) in [6.07, 6.45) is 2.22. The van der Waals surface area contributed by atoms with Crippen molar-refractivity contribution >= 4 is 15.7 Å². The molecule has 3 aromatic rings. The van der Waals surface area contributed by atoms with Crippen LogP contribution in [0, 0.1) is 0 Å². The van der Waals surface area contributed by atoms with Crippen LogP contribution in [0.3, 0.4) is 0 Å². The molecule has 0 saturated carbocycles. The average Bonchev–Trinajstić information content (AvgIpc) is 2.62. The van der Waals surface area contributed by atoms with Crippen LogP contribution in [0.25, 0.3) is 5.69 Å². The van der Waals surface area contributed by atoms with E-state index in [9.17, 15) is 13.2 Å². The minimum atomic E-state index is -3.71. The van der Waals surface area contributed by atoms with Gasteiger partial charge in [-0.05, 0) is 48.4 Å². The Morgan fingerprint density at radius 3 is 2.40 bits per heavy atom. The molecule has 6 nitrogen and oxygen atoms in total. The smallest absolute Gasteiger partial charge is 0.271 e. The molecule has 0 radical (unpaired) electrons. The van der Waals surface area contributed by atoms with E-state index < -0.39 is 10.0 Å². The minimum Gasteiger partial charge on any atom is -0.279 e. The summed E-state index contributed by atoms with van der Waals surface area (Å²) in [4.78, 5) is 11.9. The molecule has 0 aliphatic rings. The average molecular weight is 355 g/mol. The van der Waals surface area contributed by atoms with Crippen LogP contribution in [0.4, 0.5) is 5.69 Å². The van der Waals surface area contributed by atoms with Crippen LogP contribution in [0.2, 0.25) is 0 Å². The second-order valence-corrected chi connectivity index (χ2v) is 7.07. The third kappa shape index (κ3) is 3.61. The molecule has 0 aliphatic heterocycles. The van der Waals surface area contributed by atoms with Gasteiger partial charge in [0.15, 0.2) is 0 Å². The lowest BCUT2D eigenvalue weighted by Crippen LogP contribution is -2.19. The first kappa shape index (κ1) is 16.9. The lowest BCUT2D eigenvalue weighted by atomic mass is 10.1. The number of rotatable bonds is 5. The first-order valence-electron chi connectivity index (χ1n) is 7.77. The van der Waals surface area contributed by atoms with Crippen LogP contribution in [-0.2, 0) is 16.4 Å². The Morgan fingerprint density at radius 2 is 1.72 bits per heavy atom. The SMILES string of the molecule is CCc1ccccc1NS(=O)(=O)c1ccc(-n2ncccc2=O)cc1. The lowest BCUT2D eigenvalue weighted by Gasteiger charge is -2.12. The van der Waals surface area contributed by atoms with Gasteiger partial charge < -0.3 is 0 Å². The van der Waals surface area contributed by atoms with Gasteiger partial charge in [-0.1, -0.05) is 25.1 Å². The van der Waals surface area contributed by atoms with Gasteiger partial charge in [-0.2, -0.15) is 9.78 Å². The van der Waals surface area contributed by atoms with E-state index >= 15 is 0 Å². The first-order valence-corrected chi connectivity index (χ1v) is 9.25. The highest BCUT2D eigenvalue weighted by molar-refractivity contribution is 7.92. The standard InChI is InChI=1S/C18H17N3O3S/c1-2-14-6-3-4-7-17(14)20-25(23,24)16-11-9-15(10-12-16)21-18(22)8-5-13-19-21/h3-13,20H,2H2,1H3. The number of sulfonamides is 1. The molecule has 0 bridgehead atoms. The number of nitrogens with one attached hydrogen (secondary N) is 1. The second-order valence-electron chi connectivity index (χ2n) is 5.38. The van der Waals surface area contributed by atoms with Crippen LogP contribution in [0.5, 0.6) is 0 Å². The zero-order valence-corrected chi connectivity index (χ0v) is 14.4. The van der Waals surface area contributed by atoms with E-state index in [0.29, 0.717) is 11.4 Å². The van der Waals surface area contributed by atoms with Crippen LogP contribution >= 0.6 is 0 Å². The quantitative estimate of drug-likeness (QED) is 0.763. The van der Waals surface area contributed by atoms with E-state index in [1.165, 1.54) is 29.1 Å². The number of nitrogens with zero attached hydrogens (tertiary/aromatic N) is 2. The molecule has 0 fully saturated rings. The molecule has 0 saturated heterocycles. The largest absolute Gasteiger partial charge is 0.279 e. The summed E-state index contributed by atoms with van der Waals surface area (Å²) in [6.45, 7) is 1.96. The number of aromatic nitrogens is 2. The highest BCUT2D eigenvalue weighted by Gasteiger charge is 2.15. The first-order chi connectivity index (χ1) is 12.0. The van der Waals surface area contributed by atoms with Gasteiger partial charge in [-0.3, -0.25) is 9.52 Å². The number of anilines is 1. The number of hydrogen-bond donors (Lipinski definition) is 1. The normalized spacial score (nSPS) is 11.2. The van der Waals surface area contributed by atoms with Gasteiger partial charge in [0.25, 0.3) is 15.6 Å². The number of para-hydroxylation sites is 1.